The Morgan fingerprint density at radius 2 is 1.54 bits per heavy atom. The number of piperazine rings is 1. The lowest BCUT2D eigenvalue weighted by atomic mass is 9.95. The van der Waals surface area contributed by atoms with Gasteiger partial charge in [0.05, 0.1) is 26.2 Å². The van der Waals surface area contributed by atoms with Crippen molar-refractivity contribution in [2.75, 3.05) is 32.7 Å². The minimum absolute atomic E-state index is 0.00669. The molecule has 0 unspecified atom stereocenters. The summed E-state index contributed by atoms with van der Waals surface area (Å²) < 4.78 is 0. The van der Waals surface area contributed by atoms with E-state index in [1.165, 1.54) is 16.0 Å². The van der Waals surface area contributed by atoms with Gasteiger partial charge in [-0.3, -0.25) is 9.59 Å². The smallest absolute Gasteiger partial charge is 0.235 e. The molecule has 28 heavy (non-hydrogen) atoms. The van der Waals surface area contributed by atoms with Crippen molar-refractivity contribution in [2.24, 2.45) is 5.92 Å². The van der Waals surface area contributed by atoms with E-state index in [9.17, 15) is 9.59 Å². The van der Waals surface area contributed by atoms with Crippen molar-refractivity contribution < 1.29 is 14.5 Å². The molecule has 2 heterocycles. The Kier molecular flexibility index (Phi) is 5.72. The number of piperidine rings is 1. The molecule has 2 aliphatic heterocycles. The molecule has 2 amide bonds. The Bertz CT molecular complexity index is 762. The summed E-state index contributed by atoms with van der Waals surface area (Å²) in [4.78, 5) is 28.3. The van der Waals surface area contributed by atoms with Crippen LogP contribution in [0.15, 0.2) is 60.7 Å². The second kappa shape index (κ2) is 8.57. The van der Waals surface area contributed by atoms with Crippen LogP contribution in [-0.4, -0.2) is 49.4 Å². The van der Waals surface area contributed by atoms with Gasteiger partial charge in [-0.05, 0) is 12.8 Å². The quantitative estimate of drug-likeness (QED) is 0.781. The van der Waals surface area contributed by atoms with Crippen molar-refractivity contribution in [2.45, 2.75) is 18.9 Å². The fourth-order valence-corrected chi connectivity index (χ4v) is 4.49. The molecular weight excluding hydrogens is 350 g/mol. The van der Waals surface area contributed by atoms with Crippen LogP contribution in [0.1, 0.15) is 30.0 Å². The van der Waals surface area contributed by atoms with E-state index in [0.29, 0.717) is 26.1 Å². The number of hydrogen-bond donors (Lipinski definition) is 2. The molecule has 5 heteroatoms. The SMILES string of the molecule is O=C1NCCC[C@H]1C(=O)N1CC[NH+](C(c2ccccc2)c2ccccc2)CC1. The number of nitrogens with zero attached hydrogens (tertiary/aromatic N) is 1. The molecule has 146 valence electrons. The average Bonchev–Trinajstić information content (AvgIpc) is 2.76. The fourth-order valence-electron chi connectivity index (χ4n) is 4.49. The van der Waals surface area contributed by atoms with Crippen LogP contribution in [0.25, 0.3) is 0 Å². The monoisotopic (exact) mass is 378 g/mol. The van der Waals surface area contributed by atoms with Crippen LogP contribution in [0.5, 0.6) is 0 Å². The molecule has 4 rings (SSSR count). The Balaban J connectivity index is 1.47. The van der Waals surface area contributed by atoms with Gasteiger partial charge in [0.15, 0.2) is 0 Å². The van der Waals surface area contributed by atoms with Gasteiger partial charge in [0, 0.05) is 17.7 Å². The van der Waals surface area contributed by atoms with Gasteiger partial charge in [0.1, 0.15) is 12.0 Å². The zero-order valence-electron chi connectivity index (χ0n) is 16.1. The summed E-state index contributed by atoms with van der Waals surface area (Å²) in [5.74, 6) is -0.584. The summed E-state index contributed by atoms with van der Waals surface area (Å²) in [6.07, 6.45) is 1.56. The maximum absolute atomic E-state index is 12.8. The first kappa shape index (κ1) is 18.7. The second-order valence-corrected chi connectivity index (χ2v) is 7.72. The largest absolute Gasteiger partial charge is 0.355 e. The number of rotatable bonds is 4. The van der Waals surface area contributed by atoms with E-state index in [4.69, 9.17) is 0 Å². The second-order valence-electron chi connectivity index (χ2n) is 7.72. The Labute approximate surface area is 166 Å². The van der Waals surface area contributed by atoms with Crippen LogP contribution >= 0.6 is 0 Å². The minimum atomic E-state index is -0.491. The summed E-state index contributed by atoms with van der Waals surface area (Å²) in [5, 5.41) is 2.83. The lowest BCUT2D eigenvalue weighted by Gasteiger charge is -2.38. The van der Waals surface area contributed by atoms with E-state index in [2.05, 4.69) is 53.8 Å². The highest BCUT2D eigenvalue weighted by atomic mass is 16.2. The highest BCUT2D eigenvalue weighted by Gasteiger charge is 2.36. The first-order valence-corrected chi connectivity index (χ1v) is 10.2. The molecule has 2 aromatic carbocycles. The molecule has 2 aliphatic rings. The van der Waals surface area contributed by atoms with E-state index in [1.54, 1.807) is 0 Å². The van der Waals surface area contributed by atoms with Gasteiger partial charge in [-0.1, -0.05) is 60.7 Å². The van der Waals surface area contributed by atoms with Crippen LogP contribution in [0, 0.1) is 5.92 Å². The van der Waals surface area contributed by atoms with Gasteiger partial charge in [0.25, 0.3) is 0 Å². The summed E-state index contributed by atoms with van der Waals surface area (Å²) in [5.41, 5.74) is 2.60. The Morgan fingerprint density at radius 1 is 0.964 bits per heavy atom. The first-order valence-electron chi connectivity index (χ1n) is 10.2. The number of nitrogens with one attached hydrogen (secondary N) is 2. The van der Waals surface area contributed by atoms with E-state index in [-0.39, 0.29) is 17.9 Å². The molecule has 0 radical (unpaired) electrons. The molecular formula is C23H28N3O2+. The number of hydrogen-bond acceptors (Lipinski definition) is 2. The lowest BCUT2D eigenvalue weighted by molar-refractivity contribution is -0.929. The van der Waals surface area contributed by atoms with Crippen LogP contribution in [0.3, 0.4) is 0 Å². The summed E-state index contributed by atoms with van der Waals surface area (Å²) in [6.45, 7) is 3.86. The van der Waals surface area contributed by atoms with Crippen LogP contribution in [-0.2, 0) is 9.59 Å². The zero-order chi connectivity index (χ0) is 19.3. The van der Waals surface area contributed by atoms with E-state index < -0.39 is 5.92 Å². The van der Waals surface area contributed by atoms with Crippen molar-refractivity contribution in [1.29, 1.82) is 0 Å². The Hall–Kier alpha value is -2.66. The highest BCUT2D eigenvalue weighted by Crippen LogP contribution is 2.20. The van der Waals surface area contributed by atoms with Gasteiger partial charge < -0.3 is 15.1 Å². The van der Waals surface area contributed by atoms with Gasteiger partial charge >= 0.3 is 0 Å². The molecule has 0 spiro atoms. The van der Waals surface area contributed by atoms with E-state index in [1.807, 2.05) is 17.0 Å². The third-order valence-corrected chi connectivity index (χ3v) is 5.97. The van der Waals surface area contributed by atoms with E-state index >= 15 is 0 Å². The van der Waals surface area contributed by atoms with Crippen molar-refractivity contribution in [3.63, 3.8) is 0 Å². The maximum atomic E-state index is 12.8. The van der Waals surface area contributed by atoms with Crippen LogP contribution in [0.4, 0.5) is 0 Å². The average molecular weight is 378 g/mol. The lowest BCUT2D eigenvalue weighted by Crippen LogP contribution is -3.15. The molecule has 2 saturated heterocycles. The number of benzene rings is 2. The summed E-state index contributed by atoms with van der Waals surface area (Å²) >= 11 is 0. The number of quaternary nitrogens is 1. The Morgan fingerprint density at radius 3 is 2.07 bits per heavy atom. The van der Waals surface area contributed by atoms with Gasteiger partial charge in [0.2, 0.25) is 11.8 Å². The molecule has 2 N–H and O–H groups in total. The molecule has 0 bridgehead atoms. The number of carbonyl (C=O) groups is 2. The zero-order valence-corrected chi connectivity index (χ0v) is 16.1. The van der Waals surface area contributed by atoms with Crippen LogP contribution < -0.4 is 10.2 Å². The molecule has 0 aromatic heterocycles. The predicted octanol–water partition coefficient (Wildman–Crippen LogP) is 1.03. The number of amides is 2. The third kappa shape index (κ3) is 3.94. The predicted molar refractivity (Wildman–Crippen MR) is 108 cm³/mol. The van der Waals surface area contributed by atoms with Gasteiger partial charge in [-0.2, -0.15) is 0 Å². The topological polar surface area (TPSA) is 53.9 Å². The first-order chi connectivity index (χ1) is 13.7. The molecule has 5 nitrogen and oxygen atoms in total. The van der Waals surface area contributed by atoms with E-state index in [0.717, 1.165) is 19.5 Å². The highest BCUT2D eigenvalue weighted by molar-refractivity contribution is 6.00. The molecule has 2 aromatic rings. The van der Waals surface area contributed by atoms with Crippen LogP contribution in [0.2, 0.25) is 0 Å². The minimum Gasteiger partial charge on any atom is -0.355 e. The molecule has 1 atom stereocenters. The number of carbonyl (C=O) groups excluding carboxylic acids is 2. The standard InChI is InChI=1S/C23H27N3O2/c27-22-20(12-7-13-24-22)23(28)26-16-14-25(15-17-26)21(18-8-3-1-4-9-18)19-10-5-2-6-11-19/h1-6,8-11,20-21H,7,12-17H2,(H,24,27)/p+1/t20-/m1/s1. The summed E-state index contributed by atoms with van der Waals surface area (Å²) in [6, 6.07) is 21.5. The van der Waals surface area contributed by atoms with Gasteiger partial charge in [-0.15, -0.1) is 0 Å². The molecule has 0 aliphatic carbocycles. The summed E-state index contributed by atoms with van der Waals surface area (Å²) in [7, 11) is 0. The van der Waals surface area contributed by atoms with Crippen molar-refractivity contribution in [3.05, 3.63) is 71.8 Å². The van der Waals surface area contributed by atoms with Crippen molar-refractivity contribution in [3.8, 4) is 0 Å². The maximum Gasteiger partial charge on any atom is 0.235 e. The van der Waals surface area contributed by atoms with Gasteiger partial charge in [-0.25, -0.2) is 0 Å². The van der Waals surface area contributed by atoms with Crippen molar-refractivity contribution in [1.82, 2.24) is 10.2 Å². The molecule has 0 saturated carbocycles. The normalized spacial score (nSPS) is 20.8. The molecule has 2 fully saturated rings. The third-order valence-electron chi connectivity index (χ3n) is 5.97. The fraction of sp³-hybridized carbons (Fsp3) is 0.391. The van der Waals surface area contributed by atoms with Crippen molar-refractivity contribution >= 4 is 11.8 Å².